The Labute approximate surface area is 82.3 Å². The monoisotopic (exact) mass is 189 g/mol. The molecule has 0 atom stereocenters. The summed E-state index contributed by atoms with van der Waals surface area (Å²) in [6, 6.07) is 7.57. The molecule has 0 aliphatic carbocycles. The van der Waals surface area contributed by atoms with E-state index >= 15 is 0 Å². The van der Waals surface area contributed by atoms with Crippen LogP contribution in [0.5, 0.6) is 0 Å². The standard InChI is InChI=1S/C11H11NO2/c13-7-3-6-12-8-9-4-1-2-5-10(9)11(12)14/h1-2,4-5,7H,3,6,8H2. The Hall–Kier alpha value is -1.64. The van der Waals surface area contributed by atoms with E-state index in [0.717, 1.165) is 17.4 Å². The van der Waals surface area contributed by atoms with Gasteiger partial charge in [0.15, 0.2) is 0 Å². The minimum atomic E-state index is 0.0439. The number of hydrogen-bond donors (Lipinski definition) is 0. The molecule has 1 heterocycles. The van der Waals surface area contributed by atoms with Crippen molar-refractivity contribution in [3.8, 4) is 0 Å². The minimum Gasteiger partial charge on any atom is -0.334 e. The van der Waals surface area contributed by atoms with E-state index in [1.807, 2.05) is 24.3 Å². The zero-order valence-electron chi connectivity index (χ0n) is 7.77. The number of fused-ring (bicyclic) bond motifs is 1. The second-order valence-corrected chi connectivity index (χ2v) is 3.34. The van der Waals surface area contributed by atoms with Crippen LogP contribution in [0.2, 0.25) is 0 Å². The Morgan fingerprint density at radius 3 is 2.86 bits per heavy atom. The van der Waals surface area contributed by atoms with Crippen LogP contribution in [0.25, 0.3) is 0 Å². The van der Waals surface area contributed by atoms with Crippen molar-refractivity contribution >= 4 is 12.2 Å². The first-order valence-corrected chi connectivity index (χ1v) is 4.64. The molecule has 0 bridgehead atoms. The van der Waals surface area contributed by atoms with Crippen LogP contribution in [-0.4, -0.2) is 23.6 Å². The van der Waals surface area contributed by atoms with E-state index in [9.17, 15) is 9.59 Å². The van der Waals surface area contributed by atoms with Gasteiger partial charge in [-0.25, -0.2) is 0 Å². The quantitative estimate of drug-likeness (QED) is 0.671. The van der Waals surface area contributed by atoms with Gasteiger partial charge in [-0.05, 0) is 11.6 Å². The van der Waals surface area contributed by atoms with Gasteiger partial charge in [-0.2, -0.15) is 0 Å². The third-order valence-electron chi connectivity index (χ3n) is 2.41. The second-order valence-electron chi connectivity index (χ2n) is 3.34. The first kappa shape index (κ1) is 8.94. The van der Waals surface area contributed by atoms with E-state index in [4.69, 9.17) is 0 Å². The van der Waals surface area contributed by atoms with E-state index in [1.54, 1.807) is 4.90 Å². The lowest BCUT2D eigenvalue weighted by Crippen LogP contribution is -2.25. The Morgan fingerprint density at radius 1 is 1.36 bits per heavy atom. The Kier molecular flexibility index (Phi) is 2.31. The van der Waals surface area contributed by atoms with Crippen molar-refractivity contribution in [2.75, 3.05) is 6.54 Å². The number of nitrogens with zero attached hydrogens (tertiary/aromatic N) is 1. The molecule has 1 aliphatic heterocycles. The lowest BCUT2D eigenvalue weighted by Gasteiger charge is -2.12. The van der Waals surface area contributed by atoms with Crippen LogP contribution >= 0.6 is 0 Å². The summed E-state index contributed by atoms with van der Waals surface area (Å²) in [6.45, 7) is 1.17. The van der Waals surface area contributed by atoms with E-state index < -0.39 is 0 Å². The number of carbonyl (C=O) groups is 2. The van der Waals surface area contributed by atoms with Crippen molar-refractivity contribution in [2.45, 2.75) is 13.0 Å². The molecule has 1 aromatic carbocycles. The molecular weight excluding hydrogens is 178 g/mol. The summed E-state index contributed by atoms with van der Waals surface area (Å²) in [7, 11) is 0. The molecule has 14 heavy (non-hydrogen) atoms. The zero-order valence-corrected chi connectivity index (χ0v) is 7.77. The highest BCUT2D eigenvalue weighted by Gasteiger charge is 2.25. The normalized spacial score (nSPS) is 14.3. The second kappa shape index (κ2) is 3.62. The highest BCUT2D eigenvalue weighted by molar-refractivity contribution is 5.98. The van der Waals surface area contributed by atoms with E-state index in [0.29, 0.717) is 19.5 Å². The Morgan fingerprint density at radius 2 is 2.14 bits per heavy atom. The lowest BCUT2D eigenvalue weighted by molar-refractivity contribution is -0.108. The van der Waals surface area contributed by atoms with Gasteiger partial charge in [0, 0.05) is 25.1 Å². The van der Waals surface area contributed by atoms with Crippen molar-refractivity contribution in [3.63, 3.8) is 0 Å². The molecule has 0 fully saturated rings. The molecule has 3 nitrogen and oxygen atoms in total. The van der Waals surface area contributed by atoms with Gasteiger partial charge in [-0.15, -0.1) is 0 Å². The predicted molar refractivity (Wildman–Crippen MR) is 51.9 cm³/mol. The third kappa shape index (κ3) is 1.41. The van der Waals surface area contributed by atoms with Crippen LogP contribution < -0.4 is 0 Å². The Balaban J connectivity index is 2.17. The molecule has 0 saturated carbocycles. The van der Waals surface area contributed by atoms with Crippen LogP contribution in [0.15, 0.2) is 24.3 Å². The maximum Gasteiger partial charge on any atom is 0.254 e. The summed E-state index contributed by atoms with van der Waals surface area (Å²) in [5, 5.41) is 0. The van der Waals surface area contributed by atoms with Crippen molar-refractivity contribution in [1.82, 2.24) is 4.90 Å². The zero-order chi connectivity index (χ0) is 9.97. The summed E-state index contributed by atoms with van der Waals surface area (Å²) < 4.78 is 0. The smallest absolute Gasteiger partial charge is 0.254 e. The highest BCUT2D eigenvalue weighted by Crippen LogP contribution is 2.21. The highest BCUT2D eigenvalue weighted by atomic mass is 16.2. The van der Waals surface area contributed by atoms with Gasteiger partial charge < -0.3 is 9.69 Å². The molecule has 3 heteroatoms. The molecule has 0 N–H and O–H groups in total. The summed E-state index contributed by atoms with van der Waals surface area (Å²) in [5.41, 5.74) is 1.83. The first-order chi connectivity index (χ1) is 6.83. The van der Waals surface area contributed by atoms with Crippen LogP contribution in [0.3, 0.4) is 0 Å². The fraction of sp³-hybridized carbons (Fsp3) is 0.273. The van der Waals surface area contributed by atoms with Crippen molar-refractivity contribution in [1.29, 1.82) is 0 Å². The molecule has 2 rings (SSSR count). The van der Waals surface area contributed by atoms with Crippen LogP contribution in [0.4, 0.5) is 0 Å². The van der Waals surface area contributed by atoms with E-state index in [1.165, 1.54) is 0 Å². The first-order valence-electron chi connectivity index (χ1n) is 4.64. The predicted octanol–water partition coefficient (Wildman–Crippen LogP) is 1.23. The lowest BCUT2D eigenvalue weighted by atomic mass is 10.1. The number of hydrogen-bond acceptors (Lipinski definition) is 2. The average Bonchev–Trinajstić information content (AvgIpc) is 2.54. The number of amides is 1. The third-order valence-corrected chi connectivity index (χ3v) is 2.41. The number of rotatable bonds is 3. The average molecular weight is 189 g/mol. The SMILES string of the molecule is O=CCCN1Cc2ccccc2C1=O. The number of carbonyl (C=O) groups excluding carboxylic acids is 2. The van der Waals surface area contributed by atoms with Gasteiger partial charge in [0.25, 0.3) is 5.91 Å². The number of aldehydes is 1. The molecule has 1 aliphatic rings. The Bertz CT molecular complexity index is 373. The maximum atomic E-state index is 11.7. The summed E-state index contributed by atoms with van der Waals surface area (Å²) >= 11 is 0. The van der Waals surface area contributed by atoms with E-state index in [2.05, 4.69) is 0 Å². The molecule has 1 amide bonds. The van der Waals surface area contributed by atoms with Crippen molar-refractivity contribution in [2.24, 2.45) is 0 Å². The molecule has 0 unspecified atom stereocenters. The van der Waals surface area contributed by atoms with E-state index in [-0.39, 0.29) is 5.91 Å². The maximum absolute atomic E-state index is 11.7. The van der Waals surface area contributed by atoms with Gasteiger partial charge in [0.05, 0.1) is 0 Å². The largest absolute Gasteiger partial charge is 0.334 e. The molecule has 0 saturated heterocycles. The van der Waals surface area contributed by atoms with Gasteiger partial charge in [0.1, 0.15) is 6.29 Å². The summed E-state index contributed by atoms with van der Waals surface area (Å²) in [6.07, 6.45) is 1.26. The fourth-order valence-electron chi connectivity index (χ4n) is 1.70. The molecule has 0 spiro atoms. The van der Waals surface area contributed by atoms with Crippen LogP contribution in [0.1, 0.15) is 22.3 Å². The van der Waals surface area contributed by atoms with Gasteiger partial charge in [-0.3, -0.25) is 4.79 Å². The van der Waals surface area contributed by atoms with Gasteiger partial charge in [-0.1, -0.05) is 18.2 Å². The summed E-state index contributed by atoms with van der Waals surface area (Å²) in [4.78, 5) is 23.6. The van der Waals surface area contributed by atoms with Gasteiger partial charge >= 0.3 is 0 Å². The minimum absolute atomic E-state index is 0.0439. The topological polar surface area (TPSA) is 37.4 Å². The number of benzene rings is 1. The molecule has 0 aromatic heterocycles. The van der Waals surface area contributed by atoms with Gasteiger partial charge in [0.2, 0.25) is 0 Å². The van der Waals surface area contributed by atoms with Crippen LogP contribution in [-0.2, 0) is 11.3 Å². The molecule has 72 valence electrons. The van der Waals surface area contributed by atoms with Crippen molar-refractivity contribution < 1.29 is 9.59 Å². The fourth-order valence-corrected chi connectivity index (χ4v) is 1.70. The summed E-state index contributed by atoms with van der Waals surface area (Å²) in [5.74, 6) is 0.0439. The van der Waals surface area contributed by atoms with Crippen molar-refractivity contribution in [3.05, 3.63) is 35.4 Å². The van der Waals surface area contributed by atoms with Crippen LogP contribution in [0, 0.1) is 0 Å². The molecular formula is C11H11NO2. The molecule has 0 radical (unpaired) electrons. The molecule has 1 aromatic rings.